The highest BCUT2D eigenvalue weighted by Gasteiger charge is 2.47. The third kappa shape index (κ3) is 1.31. The average Bonchev–Trinajstić information content (AvgIpc) is 2.46. The third-order valence-corrected chi connectivity index (χ3v) is 5.04. The molecule has 2 nitrogen and oxygen atoms in total. The van der Waals surface area contributed by atoms with Gasteiger partial charge in [0, 0.05) is 6.54 Å². The highest BCUT2D eigenvalue weighted by molar-refractivity contribution is 5.60. The first-order valence-corrected chi connectivity index (χ1v) is 7.25. The van der Waals surface area contributed by atoms with Crippen molar-refractivity contribution in [1.29, 1.82) is 0 Å². The summed E-state index contributed by atoms with van der Waals surface area (Å²) in [5.74, 6) is 0. The Morgan fingerprint density at radius 1 is 0.950 bits per heavy atom. The van der Waals surface area contributed by atoms with Gasteiger partial charge in [0.15, 0.2) is 0 Å². The molecule has 0 saturated carbocycles. The number of rotatable bonds is 0. The molecule has 2 heteroatoms. The molecule has 20 heavy (non-hydrogen) atoms. The predicted octanol–water partition coefficient (Wildman–Crippen LogP) is 2.67. The minimum Gasteiger partial charge on any atom is -0.381 e. The first-order valence-electron chi connectivity index (χ1n) is 7.25. The van der Waals surface area contributed by atoms with Crippen molar-refractivity contribution in [3.05, 3.63) is 70.3 Å². The second-order valence-electron chi connectivity index (χ2n) is 6.26. The molecule has 0 spiro atoms. The van der Waals surface area contributed by atoms with Gasteiger partial charge in [-0.05, 0) is 48.1 Å². The molecule has 0 bridgehead atoms. The quantitative estimate of drug-likeness (QED) is 0.767. The van der Waals surface area contributed by atoms with Gasteiger partial charge in [-0.2, -0.15) is 0 Å². The standard InChI is InChI=1S/C18H19NO/c1-17-13-7-3-4-8-14(13)18(2,20)15-9-5-6-12(16(15)17)10-11-19-17/h3-9,19-20H,10-11H2,1-2H3. The van der Waals surface area contributed by atoms with Crippen LogP contribution in [-0.4, -0.2) is 11.7 Å². The molecular formula is C18H19NO. The molecule has 0 aromatic heterocycles. The van der Waals surface area contributed by atoms with Crippen molar-refractivity contribution in [3.8, 4) is 0 Å². The van der Waals surface area contributed by atoms with Crippen molar-refractivity contribution >= 4 is 0 Å². The summed E-state index contributed by atoms with van der Waals surface area (Å²) in [5.41, 5.74) is 4.78. The summed E-state index contributed by atoms with van der Waals surface area (Å²) in [7, 11) is 0. The van der Waals surface area contributed by atoms with Gasteiger partial charge in [0.25, 0.3) is 0 Å². The molecule has 102 valence electrons. The largest absolute Gasteiger partial charge is 0.381 e. The van der Waals surface area contributed by atoms with Crippen LogP contribution in [0.15, 0.2) is 42.5 Å². The molecule has 4 rings (SSSR count). The van der Waals surface area contributed by atoms with Gasteiger partial charge in [-0.25, -0.2) is 0 Å². The maximum atomic E-state index is 11.1. The summed E-state index contributed by atoms with van der Waals surface area (Å²) in [6.07, 6.45) is 1.02. The van der Waals surface area contributed by atoms with Gasteiger partial charge in [0.1, 0.15) is 5.60 Å². The molecule has 2 N–H and O–H groups in total. The molecule has 1 heterocycles. The molecule has 0 amide bonds. The first kappa shape index (κ1) is 12.1. The summed E-state index contributed by atoms with van der Waals surface area (Å²) in [5, 5.41) is 14.8. The Kier molecular flexibility index (Phi) is 2.25. The van der Waals surface area contributed by atoms with Gasteiger partial charge in [0.2, 0.25) is 0 Å². The molecule has 0 radical (unpaired) electrons. The molecule has 2 atom stereocenters. The van der Waals surface area contributed by atoms with Gasteiger partial charge < -0.3 is 10.4 Å². The molecule has 0 saturated heterocycles. The fraction of sp³-hybridized carbons (Fsp3) is 0.333. The zero-order chi connectivity index (χ0) is 14.0. The average molecular weight is 265 g/mol. The van der Waals surface area contributed by atoms with Crippen molar-refractivity contribution in [1.82, 2.24) is 5.32 Å². The van der Waals surface area contributed by atoms with Crippen molar-refractivity contribution in [2.24, 2.45) is 0 Å². The van der Waals surface area contributed by atoms with E-state index in [4.69, 9.17) is 0 Å². The van der Waals surface area contributed by atoms with Crippen molar-refractivity contribution < 1.29 is 5.11 Å². The van der Waals surface area contributed by atoms with Gasteiger partial charge in [0.05, 0.1) is 5.54 Å². The Bertz CT molecular complexity index is 704. The Morgan fingerprint density at radius 3 is 2.45 bits per heavy atom. The van der Waals surface area contributed by atoms with Gasteiger partial charge in [-0.3, -0.25) is 0 Å². The van der Waals surface area contributed by atoms with E-state index in [0.717, 1.165) is 24.1 Å². The lowest BCUT2D eigenvalue weighted by Crippen LogP contribution is -2.52. The molecule has 1 aliphatic heterocycles. The van der Waals surface area contributed by atoms with E-state index in [1.807, 2.05) is 19.1 Å². The normalized spacial score (nSPS) is 30.6. The van der Waals surface area contributed by atoms with Crippen molar-refractivity contribution in [2.45, 2.75) is 31.4 Å². The van der Waals surface area contributed by atoms with Crippen LogP contribution in [0, 0.1) is 0 Å². The van der Waals surface area contributed by atoms with Crippen LogP contribution in [0.25, 0.3) is 0 Å². The highest BCUT2D eigenvalue weighted by atomic mass is 16.3. The van der Waals surface area contributed by atoms with Crippen LogP contribution in [0.4, 0.5) is 0 Å². The van der Waals surface area contributed by atoms with E-state index >= 15 is 0 Å². The van der Waals surface area contributed by atoms with E-state index in [9.17, 15) is 5.11 Å². The van der Waals surface area contributed by atoms with E-state index in [0.29, 0.717) is 0 Å². The van der Waals surface area contributed by atoms with Crippen LogP contribution in [0.5, 0.6) is 0 Å². The highest BCUT2D eigenvalue weighted by Crippen LogP contribution is 2.49. The van der Waals surface area contributed by atoms with Crippen molar-refractivity contribution in [2.75, 3.05) is 6.54 Å². The van der Waals surface area contributed by atoms with E-state index in [1.165, 1.54) is 16.7 Å². The SMILES string of the molecule is CC1(O)c2ccccc2C2(C)NCCc3cccc1c32. The summed E-state index contributed by atoms with van der Waals surface area (Å²) < 4.78 is 0. The second-order valence-corrected chi connectivity index (χ2v) is 6.26. The minimum atomic E-state index is -0.916. The monoisotopic (exact) mass is 265 g/mol. The summed E-state index contributed by atoms with van der Waals surface area (Å²) >= 11 is 0. The second kappa shape index (κ2) is 3.72. The number of aliphatic hydroxyl groups is 1. The van der Waals surface area contributed by atoms with E-state index in [1.54, 1.807) is 0 Å². The maximum absolute atomic E-state index is 11.1. The number of benzene rings is 2. The molecular weight excluding hydrogens is 246 g/mol. The predicted molar refractivity (Wildman–Crippen MR) is 79.7 cm³/mol. The topological polar surface area (TPSA) is 32.3 Å². The molecule has 2 aromatic carbocycles. The van der Waals surface area contributed by atoms with Gasteiger partial charge in [-0.15, -0.1) is 0 Å². The summed E-state index contributed by atoms with van der Waals surface area (Å²) in [6, 6.07) is 14.6. The third-order valence-electron chi connectivity index (χ3n) is 5.04. The Hall–Kier alpha value is -1.64. The lowest BCUT2D eigenvalue weighted by molar-refractivity contribution is 0.0907. The van der Waals surface area contributed by atoms with E-state index in [2.05, 4.69) is 42.6 Å². The van der Waals surface area contributed by atoms with E-state index < -0.39 is 5.60 Å². The molecule has 1 aliphatic carbocycles. The van der Waals surface area contributed by atoms with Crippen LogP contribution in [-0.2, 0) is 17.6 Å². The molecule has 2 unspecified atom stereocenters. The molecule has 2 aliphatic rings. The van der Waals surface area contributed by atoms with Crippen LogP contribution in [0.1, 0.15) is 41.7 Å². The van der Waals surface area contributed by atoms with Crippen LogP contribution >= 0.6 is 0 Å². The zero-order valence-electron chi connectivity index (χ0n) is 11.9. The summed E-state index contributed by atoms with van der Waals surface area (Å²) in [4.78, 5) is 0. The van der Waals surface area contributed by atoms with E-state index in [-0.39, 0.29) is 5.54 Å². The van der Waals surface area contributed by atoms with Gasteiger partial charge in [-0.1, -0.05) is 42.5 Å². The fourth-order valence-electron chi connectivity index (χ4n) is 4.06. The number of hydrogen-bond donors (Lipinski definition) is 2. The number of fused-ring (bicyclic) bond motifs is 2. The molecule has 2 aromatic rings. The lowest BCUT2D eigenvalue weighted by atomic mass is 9.64. The Balaban J connectivity index is 2.15. The number of hydrogen-bond acceptors (Lipinski definition) is 2. The van der Waals surface area contributed by atoms with Crippen LogP contribution < -0.4 is 5.32 Å². The minimum absolute atomic E-state index is 0.191. The van der Waals surface area contributed by atoms with Crippen LogP contribution in [0.3, 0.4) is 0 Å². The fourth-order valence-corrected chi connectivity index (χ4v) is 4.06. The Labute approximate surface area is 119 Å². The smallest absolute Gasteiger partial charge is 0.112 e. The van der Waals surface area contributed by atoms with Crippen molar-refractivity contribution in [3.63, 3.8) is 0 Å². The van der Waals surface area contributed by atoms with Crippen LogP contribution in [0.2, 0.25) is 0 Å². The maximum Gasteiger partial charge on any atom is 0.112 e. The van der Waals surface area contributed by atoms with Gasteiger partial charge >= 0.3 is 0 Å². The first-order chi connectivity index (χ1) is 9.55. The zero-order valence-corrected chi connectivity index (χ0v) is 11.9. The summed E-state index contributed by atoms with van der Waals surface area (Å²) in [6.45, 7) is 5.13. The Morgan fingerprint density at radius 2 is 1.65 bits per heavy atom. The lowest BCUT2D eigenvalue weighted by Gasteiger charge is -2.48. The number of nitrogens with one attached hydrogen (secondary N) is 1. The molecule has 0 fully saturated rings.